The maximum Gasteiger partial charge on any atom is 0.320 e. The number of nitrogens with zero attached hydrogens (tertiary/aromatic N) is 1. The fraction of sp³-hybridized carbons (Fsp3) is 0.800. The summed E-state index contributed by atoms with van der Waals surface area (Å²) in [6.45, 7) is 0.751. The molecular weight excluding hydrogens is 196 g/mol. The minimum absolute atomic E-state index is 0.0337. The van der Waals surface area contributed by atoms with E-state index in [9.17, 15) is 9.59 Å². The molecule has 5 nitrogen and oxygen atoms in total. The summed E-state index contributed by atoms with van der Waals surface area (Å²) in [6.07, 6.45) is 3.33. The first kappa shape index (κ1) is 12.1. The van der Waals surface area contributed by atoms with E-state index in [1.165, 1.54) is 0 Å². The van der Waals surface area contributed by atoms with Crippen LogP contribution in [0.15, 0.2) is 0 Å². The normalized spacial score (nSPS) is 23.4. The maximum atomic E-state index is 11.6. The van der Waals surface area contributed by atoms with Gasteiger partial charge in [-0.2, -0.15) is 0 Å². The molecule has 3 N–H and O–H groups in total. The van der Waals surface area contributed by atoms with Gasteiger partial charge < -0.3 is 10.8 Å². The zero-order chi connectivity index (χ0) is 11.3. The van der Waals surface area contributed by atoms with E-state index >= 15 is 0 Å². The van der Waals surface area contributed by atoms with E-state index in [4.69, 9.17) is 10.8 Å². The van der Waals surface area contributed by atoms with Crippen molar-refractivity contribution in [3.8, 4) is 0 Å². The van der Waals surface area contributed by atoms with Gasteiger partial charge in [0.1, 0.15) is 6.04 Å². The van der Waals surface area contributed by atoms with Crippen molar-refractivity contribution in [2.45, 2.75) is 44.2 Å². The molecule has 0 aromatic carbocycles. The standard InChI is InChI=1S/C10H17N2O3/c11-7(10(14)15)4-5-9(13)8-3-1-2-6-12-8/h7-8H,1-6,11H2,(H,14,15). The summed E-state index contributed by atoms with van der Waals surface area (Å²) in [5.74, 6) is -1.02. The van der Waals surface area contributed by atoms with Crippen LogP contribution in [0.2, 0.25) is 0 Å². The molecular formula is C10H17N2O3. The number of aliphatic carboxylic acids is 1. The summed E-state index contributed by atoms with van der Waals surface area (Å²) in [4.78, 5) is 22.0. The van der Waals surface area contributed by atoms with Gasteiger partial charge in [0.05, 0.1) is 6.04 Å². The summed E-state index contributed by atoms with van der Waals surface area (Å²) in [7, 11) is 0. The zero-order valence-corrected chi connectivity index (χ0v) is 8.69. The molecule has 85 valence electrons. The van der Waals surface area contributed by atoms with Gasteiger partial charge in [-0.1, -0.05) is 6.42 Å². The SMILES string of the molecule is NC(CCC(=O)C1CCCC[N]1)C(=O)O. The molecule has 5 heteroatoms. The van der Waals surface area contributed by atoms with Crippen molar-refractivity contribution >= 4 is 11.8 Å². The van der Waals surface area contributed by atoms with Crippen molar-refractivity contribution < 1.29 is 14.7 Å². The van der Waals surface area contributed by atoms with E-state index in [1.807, 2.05) is 0 Å². The summed E-state index contributed by atoms with van der Waals surface area (Å²) in [5.41, 5.74) is 5.31. The average molecular weight is 213 g/mol. The topological polar surface area (TPSA) is 94.5 Å². The molecule has 1 saturated heterocycles. The Labute approximate surface area is 89.0 Å². The number of nitrogens with two attached hydrogens (primary N) is 1. The predicted octanol–water partition coefficient (Wildman–Crippen LogP) is -0.0955. The predicted molar refractivity (Wildman–Crippen MR) is 54.5 cm³/mol. The molecule has 0 aromatic heterocycles. The van der Waals surface area contributed by atoms with Crippen LogP contribution in [0.5, 0.6) is 0 Å². The minimum atomic E-state index is -1.05. The first-order chi connectivity index (χ1) is 7.11. The Morgan fingerprint density at radius 1 is 1.47 bits per heavy atom. The van der Waals surface area contributed by atoms with Crippen molar-refractivity contribution in [2.75, 3.05) is 6.54 Å². The number of carboxylic acids is 1. The second kappa shape index (κ2) is 5.82. The number of Topliss-reactive ketones (excluding diaryl/α,β-unsaturated/α-hetero) is 1. The lowest BCUT2D eigenvalue weighted by Crippen LogP contribution is -2.37. The molecule has 0 amide bonds. The van der Waals surface area contributed by atoms with Crippen molar-refractivity contribution in [3.63, 3.8) is 0 Å². The van der Waals surface area contributed by atoms with Crippen LogP contribution in [0.25, 0.3) is 0 Å². The second-order valence-electron chi connectivity index (χ2n) is 3.87. The first-order valence-corrected chi connectivity index (χ1v) is 5.29. The van der Waals surface area contributed by atoms with E-state index in [1.54, 1.807) is 0 Å². The molecule has 1 aliphatic heterocycles. The monoisotopic (exact) mass is 213 g/mol. The fourth-order valence-electron chi connectivity index (χ4n) is 1.64. The summed E-state index contributed by atoms with van der Waals surface area (Å²) in [5, 5.41) is 12.8. The molecule has 0 aromatic rings. The molecule has 0 aliphatic carbocycles. The lowest BCUT2D eigenvalue weighted by atomic mass is 9.97. The third-order valence-electron chi connectivity index (χ3n) is 2.63. The van der Waals surface area contributed by atoms with Crippen LogP contribution in [-0.2, 0) is 9.59 Å². The van der Waals surface area contributed by atoms with Gasteiger partial charge in [-0.3, -0.25) is 9.59 Å². The number of carbonyl (C=O) groups excluding carboxylic acids is 1. The molecule has 0 saturated carbocycles. The smallest absolute Gasteiger partial charge is 0.320 e. The third kappa shape index (κ3) is 3.97. The van der Waals surface area contributed by atoms with Crippen LogP contribution < -0.4 is 11.1 Å². The van der Waals surface area contributed by atoms with Gasteiger partial charge in [0.25, 0.3) is 0 Å². The molecule has 2 unspecified atom stereocenters. The lowest BCUT2D eigenvalue weighted by Gasteiger charge is -2.20. The highest BCUT2D eigenvalue weighted by molar-refractivity contribution is 5.84. The van der Waals surface area contributed by atoms with Crippen molar-refractivity contribution in [1.29, 1.82) is 0 Å². The molecule has 1 radical (unpaired) electrons. The maximum absolute atomic E-state index is 11.6. The summed E-state index contributed by atoms with van der Waals surface area (Å²) < 4.78 is 0. The average Bonchev–Trinajstić information content (AvgIpc) is 2.26. The molecule has 0 bridgehead atoms. The Balaban J connectivity index is 2.25. The molecule has 0 spiro atoms. The number of carboxylic acid groups (broad SMARTS) is 1. The van der Waals surface area contributed by atoms with Crippen LogP contribution in [0.1, 0.15) is 32.1 Å². The first-order valence-electron chi connectivity index (χ1n) is 5.29. The van der Waals surface area contributed by atoms with Crippen LogP contribution >= 0.6 is 0 Å². The van der Waals surface area contributed by atoms with E-state index in [2.05, 4.69) is 5.32 Å². The highest BCUT2D eigenvalue weighted by Gasteiger charge is 2.22. The van der Waals surface area contributed by atoms with E-state index in [0.29, 0.717) is 0 Å². The van der Waals surface area contributed by atoms with Crippen LogP contribution in [0.4, 0.5) is 0 Å². The summed E-state index contributed by atoms with van der Waals surface area (Å²) in [6, 6.07) is -1.14. The fourth-order valence-corrected chi connectivity index (χ4v) is 1.64. The highest BCUT2D eigenvalue weighted by atomic mass is 16.4. The van der Waals surface area contributed by atoms with Gasteiger partial charge in [-0.25, -0.2) is 5.32 Å². The van der Waals surface area contributed by atoms with Gasteiger partial charge in [0, 0.05) is 13.0 Å². The van der Waals surface area contributed by atoms with E-state index < -0.39 is 12.0 Å². The number of hydrogen-bond acceptors (Lipinski definition) is 3. The van der Waals surface area contributed by atoms with E-state index in [-0.39, 0.29) is 24.7 Å². The molecule has 15 heavy (non-hydrogen) atoms. The number of rotatable bonds is 5. The van der Waals surface area contributed by atoms with Crippen LogP contribution in [-0.4, -0.2) is 35.5 Å². The Morgan fingerprint density at radius 2 is 2.20 bits per heavy atom. The van der Waals surface area contributed by atoms with Crippen LogP contribution in [0, 0.1) is 0 Å². The Hall–Kier alpha value is -0.940. The van der Waals surface area contributed by atoms with Gasteiger partial charge >= 0.3 is 5.97 Å². The number of piperidine rings is 1. The van der Waals surface area contributed by atoms with Crippen molar-refractivity contribution in [1.82, 2.24) is 5.32 Å². The van der Waals surface area contributed by atoms with Crippen molar-refractivity contribution in [2.24, 2.45) is 5.73 Å². The largest absolute Gasteiger partial charge is 0.480 e. The molecule has 2 atom stereocenters. The molecule has 1 fully saturated rings. The van der Waals surface area contributed by atoms with Gasteiger partial charge in [0.2, 0.25) is 0 Å². The Kier molecular flexibility index (Phi) is 4.71. The highest BCUT2D eigenvalue weighted by Crippen LogP contribution is 2.12. The third-order valence-corrected chi connectivity index (χ3v) is 2.63. The Bertz CT molecular complexity index is 237. The minimum Gasteiger partial charge on any atom is -0.480 e. The van der Waals surface area contributed by atoms with Gasteiger partial charge in [-0.15, -0.1) is 0 Å². The quantitative estimate of drug-likeness (QED) is 0.667. The summed E-state index contributed by atoms with van der Waals surface area (Å²) >= 11 is 0. The van der Waals surface area contributed by atoms with Gasteiger partial charge in [0.15, 0.2) is 5.78 Å². The van der Waals surface area contributed by atoms with E-state index in [0.717, 1.165) is 25.8 Å². The van der Waals surface area contributed by atoms with Gasteiger partial charge in [-0.05, 0) is 19.3 Å². The number of carbonyl (C=O) groups is 2. The lowest BCUT2D eigenvalue weighted by molar-refractivity contribution is -0.138. The van der Waals surface area contributed by atoms with Crippen LogP contribution in [0.3, 0.4) is 0 Å². The number of hydrogen-bond donors (Lipinski definition) is 2. The zero-order valence-electron chi connectivity index (χ0n) is 8.69. The van der Waals surface area contributed by atoms with Crippen molar-refractivity contribution in [3.05, 3.63) is 0 Å². The second-order valence-corrected chi connectivity index (χ2v) is 3.87. The Morgan fingerprint density at radius 3 is 2.73 bits per heavy atom. The number of ketones is 1. The molecule has 1 aliphatic rings. The molecule has 1 heterocycles. The molecule has 1 rings (SSSR count).